The van der Waals surface area contributed by atoms with Crippen molar-refractivity contribution in [3.8, 4) is 0 Å². The number of benzene rings is 2. The molecule has 2 aromatic carbocycles. The number of rotatable bonds is 24. The van der Waals surface area contributed by atoms with Gasteiger partial charge in [0.25, 0.3) is 8.32 Å². The highest BCUT2D eigenvalue weighted by Crippen LogP contribution is 2.37. The molecule has 0 spiro atoms. The third-order valence-corrected chi connectivity index (χ3v) is 14.1. The summed E-state index contributed by atoms with van der Waals surface area (Å²) in [6.07, 6.45) is 31.9. The quantitative estimate of drug-likeness (QED) is 0.0659. The third kappa shape index (κ3) is 14.2. The Labute approximate surface area is 268 Å². The first-order valence-corrected chi connectivity index (χ1v) is 19.9. The van der Waals surface area contributed by atoms with Gasteiger partial charge in [0.1, 0.15) is 0 Å². The van der Waals surface area contributed by atoms with E-state index in [0.717, 1.165) is 18.9 Å². The maximum Gasteiger partial charge on any atom is 0.261 e. The monoisotopic (exact) mass is 602 g/mol. The van der Waals surface area contributed by atoms with Gasteiger partial charge < -0.3 is 4.43 Å². The Bertz CT molecular complexity index is 932. The van der Waals surface area contributed by atoms with Gasteiger partial charge in [0.15, 0.2) is 0 Å². The summed E-state index contributed by atoms with van der Waals surface area (Å²) in [6.45, 7) is 12.6. The lowest BCUT2D eigenvalue weighted by Gasteiger charge is -2.43. The molecule has 240 valence electrons. The zero-order chi connectivity index (χ0) is 31.1. The van der Waals surface area contributed by atoms with Crippen molar-refractivity contribution < 1.29 is 4.43 Å². The van der Waals surface area contributed by atoms with Gasteiger partial charge in [-0.3, -0.25) is 0 Å². The van der Waals surface area contributed by atoms with Crippen LogP contribution in [-0.2, 0) is 4.43 Å². The van der Waals surface area contributed by atoms with Crippen LogP contribution in [0.4, 0.5) is 0 Å². The first-order chi connectivity index (χ1) is 21.0. The minimum absolute atomic E-state index is 0.0527. The molecule has 0 amide bonds. The summed E-state index contributed by atoms with van der Waals surface area (Å²) in [6, 6.07) is 22.2. The molecule has 2 heteroatoms. The number of unbranched alkanes of at least 4 members (excludes halogenated alkanes) is 10. The Balaban J connectivity index is 1.70. The van der Waals surface area contributed by atoms with Crippen LogP contribution in [0.2, 0.25) is 5.04 Å². The van der Waals surface area contributed by atoms with Crippen LogP contribution < -0.4 is 10.4 Å². The molecule has 0 saturated carbocycles. The second-order valence-electron chi connectivity index (χ2n) is 13.7. The molecule has 0 heterocycles. The van der Waals surface area contributed by atoms with Gasteiger partial charge in [0.2, 0.25) is 0 Å². The Morgan fingerprint density at radius 3 is 1.60 bits per heavy atom. The summed E-state index contributed by atoms with van der Waals surface area (Å²) in [5.74, 6) is 0.779. The van der Waals surface area contributed by atoms with E-state index in [1.807, 2.05) is 0 Å². The predicted octanol–water partition coefficient (Wildman–Crippen LogP) is 12.0. The van der Waals surface area contributed by atoms with E-state index in [4.69, 9.17) is 4.43 Å². The van der Waals surface area contributed by atoms with Crippen LogP contribution in [0.15, 0.2) is 85.0 Å². The van der Waals surface area contributed by atoms with Crippen LogP contribution >= 0.6 is 0 Å². The lowest BCUT2D eigenvalue weighted by Crippen LogP contribution is -2.66. The fraction of sp³-hybridized carbons (Fsp3) is 0.610. The summed E-state index contributed by atoms with van der Waals surface area (Å²) in [4.78, 5) is 0. The fourth-order valence-electron chi connectivity index (χ4n) is 6.58. The van der Waals surface area contributed by atoms with Crippen molar-refractivity contribution in [3.05, 3.63) is 85.0 Å². The van der Waals surface area contributed by atoms with Crippen molar-refractivity contribution in [1.82, 2.24) is 0 Å². The molecule has 1 atom stereocenters. The molecular formula is C41H66OSi. The molecule has 1 nitrogen and oxygen atoms in total. The van der Waals surface area contributed by atoms with E-state index in [9.17, 15) is 0 Å². The van der Waals surface area contributed by atoms with E-state index < -0.39 is 8.32 Å². The Morgan fingerprint density at radius 2 is 1.09 bits per heavy atom. The van der Waals surface area contributed by atoms with E-state index in [0.29, 0.717) is 0 Å². The molecule has 0 aromatic heterocycles. The summed E-state index contributed by atoms with van der Waals surface area (Å²) in [7, 11) is -2.42. The Morgan fingerprint density at radius 1 is 0.581 bits per heavy atom. The first-order valence-electron chi connectivity index (χ1n) is 18.0. The lowest BCUT2D eigenvalue weighted by atomic mass is 9.93. The van der Waals surface area contributed by atoms with Crippen LogP contribution in [-0.4, -0.2) is 14.9 Å². The number of allylic oxidation sites excluding steroid dienone is 4. The highest BCUT2D eigenvalue weighted by atomic mass is 28.4. The molecule has 0 N–H and O–H groups in total. The maximum absolute atomic E-state index is 7.21. The molecule has 0 bridgehead atoms. The Kier molecular flexibility index (Phi) is 19.6. The van der Waals surface area contributed by atoms with E-state index in [2.05, 4.69) is 120 Å². The van der Waals surface area contributed by atoms with Crippen LogP contribution in [0, 0.1) is 5.92 Å². The van der Waals surface area contributed by atoms with Gasteiger partial charge in [-0.25, -0.2) is 0 Å². The van der Waals surface area contributed by atoms with Crippen LogP contribution in [0.3, 0.4) is 0 Å². The van der Waals surface area contributed by atoms with Gasteiger partial charge in [0.05, 0.1) is 0 Å². The molecule has 1 unspecified atom stereocenters. The third-order valence-electron chi connectivity index (χ3n) is 9.02. The average molecular weight is 603 g/mol. The molecule has 0 aliphatic heterocycles. The van der Waals surface area contributed by atoms with Crippen molar-refractivity contribution in [2.24, 2.45) is 5.92 Å². The molecule has 0 radical (unpaired) electrons. The van der Waals surface area contributed by atoms with Gasteiger partial charge in [-0.2, -0.15) is 0 Å². The smallest absolute Gasteiger partial charge is 0.261 e. The topological polar surface area (TPSA) is 9.23 Å². The minimum atomic E-state index is -2.42. The fourth-order valence-corrected chi connectivity index (χ4v) is 11.2. The van der Waals surface area contributed by atoms with Crippen molar-refractivity contribution in [2.75, 3.05) is 6.61 Å². The number of hydrogen-bond donors (Lipinski definition) is 0. The van der Waals surface area contributed by atoms with Gasteiger partial charge >= 0.3 is 0 Å². The first kappa shape index (κ1) is 37.3. The summed E-state index contributed by atoms with van der Waals surface area (Å²) < 4.78 is 7.21. The van der Waals surface area contributed by atoms with Gasteiger partial charge in [-0.15, -0.1) is 0 Å². The molecule has 0 aliphatic carbocycles. The molecular weight excluding hydrogens is 537 g/mol. The second kappa shape index (κ2) is 22.6. The summed E-state index contributed by atoms with van der Waals surface area (Å²) >= 11 is 0. The van der Waals surface area contributed by atoms with E-state index >= 15 is 0 Å². The lowest BCUT2D eigenvalue weighted by molar-refractivity contribution is 0.249. The van der Waals surface area contributed by atoms with Crippen molar-refractivity contribution >= 4 is 18.7 Å². The van der Waals surface area contributed by atoms with Gasteiger partial charge in [0, 0.05) is 6.61 Å². The highest BCUT2D eigenvalue weighted by molar-refractivity contribution is 6.99. The minimum Gasteiger partial charge on any atom is -0.407 e. The molecule has 0 fully saturated rings. The SMILES string of the molecule is CCCCC/C=C\C/C=C\CCCCCCCCCC(CCC)CCO[Si](c1ccccc1)(c1ccccc1)C(C)(C)C. The molecule has 2 aromatic rings. The average Bonchev–Trinajstić information content (AvgIpc) is 3.01. The predicted molar refractivity (Wildman–Crippen MR) is 195 cm³/mol. The zero-order valence-electron chi connectivity index (χ0n) is 28.8. The molecule has 2 rings (SSSR count). The van der Waals surface area contributed by atoms with Gasteiger partial charge in [-0.1, -0.05) is 190 Å². The number of hydrogen-bond acceptors (Lipinski definition) is 1. The molecule has 43 heavy (non-hydrogen) atoms. The highest BCUT2D eigenvalue weighted by Gasteiger charge is 2.50. The zero-order valence-corrected chi connectivity index (χ0v) is 29.8. The van der Waals surface area contributed by atoms with E-state index in [1.54, 1.807) is 0 Å². The largest absolute Gasteiger partial charge is 0.407 e. The van der Waals surface area contributed by atoms with Crippen LogP contribution in [0.25, 0.3) is 0 Å². The van der Waals surface area contributed by atoms with Crippen LogP contribution in [0.1, 0.15) is 144 Å². The molecule has 0 aliphatic rings. The van der Waals surface area contributed by atoms with Crippen molar-refractivity contribution in [3.63, 3.8) is 0 Å². The van der Waals surface area contributed by atoms with Crippen LogP contribution in [0.5, 0.6) is 0 Å². The maximum atomic E-state index is 7.21. The standard InChI is InChI=1S/C41H66OSi/c1-6-8-9-10-11-12-13-14-15-16-17-18-19-20-21-22-25-31-38(30-7-2)36-37-42-43(41(3,4)5,39-32-26-23-27-33-39)40-34-28-24-29-35-40/h11-12,14-15,23-24,26-29,32-35,38H,6-10,13,16-22,25,30-31,36-37H2,1-5H3/b12-11-,15-14-. The van der Waals surface area contributed by atoms with E-state index in [-0.39, 0.29) is 5.04 Å². The van der Waals surface area contributed by atoms with Gasteiger partial charge in [-0.05, 0) is 59.9 Å². The van der Waals surface area contributed by atoms with Crippen molar-refractivity contribution in [1.29, 1.82) is 0 Å². The normalized spacial score (nSPS) is 13.3. The molecule has 0 saturated heterocycles. The van der Waals surface area contributed by atoms with Crippen molar-refractivity contribution in [2.45, 2.75) is 149 Å². The summed E-state index contributed by atoms with van der Waals surface area (Å²) in [5, 5.41) is 2.83. The van der Waals surface area contributed by atoms with E-state index in [1.165, 1.54) is 113 Å². The second-order valence-corrected chi connectivity index (χ2v) is 18.0. The summed E-state index contributed by atoms with van der Waals surface area (Å²) in [5.41, 5.74) is 0. The Hall–Kier alpha value is -1.90.